The second-order valence-corrected chi connectivity index (χ2v) is 9.05. The summed E-state index contributed by atoms with van der Waals surface area (Å²) in [4.78, 5) is 29.6. The quantitative estimate of drug-likeness (QED) is 0.518. The first kappa shape index (κ1) is 20.1. The maximum atomic E-state index is 12.7. The third-order valence-corrected chi connectivity index (χ3v) is 6.82. The van der Waals surface area contributed by atoms with Crippen LogP contribution in [0.3, 0.4) is 0 Å². The Bertz CT molecular complexity index is 1010. The molecule has 0 radical (unpaired) electrons. The maximum absolute atomic E-state index is 12.7. The minimum absolute atomic E-state index is 0.191. The molecule has 1 saturated carbocycles. The highest BCUT2D eigenvalue weighted by Crippen LogP contribution is 2.27. The van der Waals surface area contributed by atoms with Gasteiger partial charge in [0.2, 0.25) is 0 Å². The third kappa shape index (κ3) is 4.86. The molecule has 0 bridgehead atoms. The molecule has 0 aliphatic heterocycles. The highest BCUT2D eigenvalue weighted by molar-refractivity contribution is 7.14. The van der Waals surface area contributed by atoms with Gasteiger partial charge in [0.15, 0.2) is 0 Å². The number of thiazole rings is 1. The van der Waals surface area contributed by atoms with E-state index in [1.807, 2.05) is 16.8 Å². The summed E-state index contributed by atoms with van der Waals surface area (Å²) in [7, 11) is 0. The molecule has 1 aliphatic rings. The number of hydrogen-bond acceptors (Lipinski definition) is 5. The summed E-state index contributed by atoms with van der Waals surface area (Å²) < 4.78 is 0. The molecule has 150 valence electrons. The van der Waals surface area contributed by atoms with E-state index >= 15 is 0 Å². The minimum Gasteiger partial charge on any atom is -0.349 e. The molecule has 0 unspecified atom stereocenters. The van der Waals surface area contributed by atoms with Gasteiger partial charge in [-0.2, -0.15) is 11.3 Å². The molecule has 0 atom stereocenters. The van der Waals surface area contributed by atoms with Crippen LogP contribution in [0.15, 0.2) is 40.4 Å². The number of nitrogens with one attached hydrogen (secondary N) is 2. The SMILES string of the molecule is O=C(Nc1ccc(Cl)c(C(=O)NC2CCCCC2)c1)c1csc(-c2ccsc2)n1. The number of carbonyl (C=O) groups is 2. The van der Waals surface area contributed by atoms with Gasteiger partial charge in [0, 0.05) is 28.1 Å². The molecule has 1 fully saturated rings. The standard InChI is InChI=1S/C21H20ClN3O2S2/c22-17-7-6-15(10-16(17)19(26)23-14-4-2-1-3-5-14)24-20(27)18-12-29-21(25-18)13-8-9-28-11-13/h6-12,14H,1-5H2,(H,23,26)(H,24,27). The average molecular weight is 446 g/mol. The molecule has 1 aliphatic carbocycles. The lowest BCUT2D eigenvalue weighted by atomic mass is 9.95. The first-order valence-corrected chi connectivity index (χ1v) is 11.7. The van der Waals surface area contributed by atoms with Crippen LogP contribution >= 0.6 is 34.3 Å². The maximum Gasteiger partial charge on any atom is 0.275 e. The molecule has 2 heterocycles. The highest BCUT2D eigenvalue weighted by Gasteiger charge is 2.19. The van der Waals surface area contributed by atoms with Crippen molar-refractivity contribution in [3.63, 3.8) is 0 Å². The lowest BCUT2D eigenvalue weighted by Crippen LogP contribution is -2.36. The number of anilines is 1. The first-order chi connectivity index (χ1) is 14.1. The van der Waals surface area contributed by atoms with Gasteiger partial charge in [-0.05, 0) is 42.5 Å². The molecular formula is C21H20ClN3O2S2. The normalized spacial score (nSPS) is 14.5. The molecule has 4 rings (SSSR count). The van der Waals surface area contributed by atoms with Gasteiger partial charge in [0.05, 0.1) is 10.6 Å². The van der Waals surface area contributed by atoms with Crippen molar-refractivity contribution in [2.75, 3.05) is 5.32 Å². The van der Waals surface area contributed by atoms with Crippen LogP contribution in [0.2, 0.25) is 5.02 Å². The molecule has 5 nitrogen and oxygen atoms in total. The van der Waals surface area contributed by atoms with Crippen LogP contribution < -0.4 is 10.6 Å². The summed E-state index contributed by atoms with van der Waals surface area (Å²) in [5.41, 5.74) is 2.23. The van der Waals surface area contributed by atoms with Crippen molar-refractivity contribution in [2.45, 2.75) is 38.1 Å². The largest absolute Gasteiger partial charge is 0.349 e. The molecule has 1 aromatic carbocycles. The van der Waals surface area contributed by atoms with Crippen molar-refractivity contribution in [2.24, 2.45) is 0 Å². The van der Waals surface area contributed by atoms with Crippen LogP contribution in [0.5, 0.6) is 0 Å². The fourth-order valence-electron chi connectivity index (χ4n) is 3.38. The molecule has 2 amide bonds. The number of halogens is 1. The number of rotatable bonds is 5. The number of thiophene rings is 1. The van der Waals surface area contributed by atoms with E-state index in [0.29, 0.717) is 22.0 Å². The van der Waals surface area contributed by atoms with Crippen molar-refractivity contribution < 1.29 is 9.59 Å². The Morgan fingerprint density at radius 3 is 2.66 bits per heavy atom. The van der Waals surface area contributed by atoms with Gasteiger partial charge in [-0.25, -0.2) is 4.98 Å². The van der Waals surface area contributed by atoms with Crippen molar-refractivity contribution in [3.8, 4) is 10.6 Å². The van der Waals surface area contributed by atoms with Gasteiger partial charge in [-0.1, -0.05) is 30.9 Å². The summed E-state index contributed by atoms with van der Waals surface area (Å²) in [5, 5.41) is 12.7. The number of nitrogens with zero attached hydrogens (tertiary/aromatic N) is 1. The monoisotopic (exact) mass is 445 g/mol. The summed E-state index contributed by atoms with van der Waals surface area (Å²) in [6, 6.07) is 7.09. The zero-order valence-electron chi connectivity index (χ0n) is 15.6. The zero-order valence-corrected chi connectivity index (χ0v) is 18.0. The lowest BCUT2D eigenvalue weighted by molar-refractivity contribution is 0.0926. The van der Waals surface area contributed by atoms with E-state index < -0.39 is 0 Å². The summed E-state index contributed by atoms with van der Waals surface area (Å²) >= 11 is 9.25. The number of aromatic nitrogens is 1. The molecule has 0 saturated heterocycles. The van der Waals surface area contributed by atoms with E-state index in [-0.39, 0.29) is 17.9 Å². The second-order valence-electron chi connectivity index (χ2n) is 7.01. The van der Waals surface area contributed by atoms with Gasteiger partial charge in [0.25, 0.3) is 11.8 Å². The van der Waals surface area contributed by atoms with Gasteiger partial charge in [0.1, 0.15) is 10.7 Å². The Labute approximate surface area is 182 Å². The topological polar surface area (TPSA) is 71.1 Å². The lowest BCUT2D eigenvalue weighted by Gasteiger charge is -2.23. The van der Waals surface area contributed by atoms with Crippen LogP contribution in [0.25, 0.3) is 10.6 Å². The Morgan fingerprint density at radius 2 is 1.90 bits per heavy atom. The van der Waals surface area contributed by atoms with Gasteiger partial charge < -0.3 is 10.6 Å². The van der Waals surface area contributed by atoms with E-state index in [9.17, 15) is 9.59 Å². The van der Waals surface area contributed by atoms with E-state index in [1.165, 1.54) is 17.8 Å². The predicted molar refractivity (Wildman–Crippen MR) is 119 cm³/mol. The van der Waals surface area contributed by atoms with Crippen molar-refractivity contribution >= 4 is 51.8 Å². The van der Waals surface area contributed by atoms with E-state index in [0.717, 1.165) is 36.3 Å². The minimum atomic E-state index is -0.316. The average Bonchev–Trinajstić information content (AvgIpc) is 3.42. The molecule has 2 aromatic heterocycles. The van der Waals surface area contributed by atoms with Gasteiger partial charge in [-0.3, -0.25) is 9.59 Å². The predicted octanol–water partition coefficient (Wildman–Crippen LogP) is 5.84. The summed E-state index contributed by atoms with van der Waals surface area (Å²) in [6.45, 7) is 0. The highest BCUT2D eigenvalue weighted by atomic mass is 35.5. The van der Waals surface area contributed by atoms with Crippen molar-refractivity contribution in [1.29, 1.82) is 0 Å². The van der Waals surface area contributed by atoms with Crippen LogP contribution in [-0.4, -0.2) is 22.8 Å². The molecule has 2 N–H and O–H groups in total. The molecule has 0 spiro atoms. The van der Waals surface area contributed by atoms with Crippen molar-refractivity contribution in [1.82, 2.24) is 10.3 Å². The first-order valence-electron chi connectivity index (χ1n) is 9.50. The molecule has 3 aromatic rings. The van der Waals surface area contributed by atoms with E-state index in [4.69, 9.17) is 11.6 Å². The van der Waals surface area contributed by atoms with Crippen LogP contribution in [0.1, 0.15) is 53.0 Å². The number of carbonyl (C=O) groups excluding carboxylic acids is 2. The summed E-state index contributed by atoms with van der Waals surface area (Å²) in [5.74, 6) is -0.518. The van der Waals surface area contributed by atoms with Crippen LogP contribution in [-0.2, 0) is 0 Å². The van der Waals surface area contributed by atoms with E-state index in [2.05, 4.69) is 15.6 Å². The fraction of sp³-hybridized carbons (Fsp3) is 0.286. The molecule has 29 heavy (non-hydrogen) atoms. The van der Waals surface area contributed by atoms with E-state index in [1.54, 1.807) is 34.9 Å². The fourth-order valence-corrected chi connectivity index (χ4v) is 5.09. The Hall–Kier alpha value is -2.22. The molecule has 8 heteroatoms. The Morgan fingerprint density at radius 1 is 1.07 bits per heavy atom. The zero-order chi connectivity index (χ0) is 20.2. The Balaban J connectivity index is 1.45. The van der Waals surface area contributed by atoms with Gasteiger partial charge >= 0.3 is 0 Å². The number of hydrogen-bond donors (Lipinski definition) is 2. The molecular weight excluding hydrogens is 426 g/mol. The second kappa shape index (κ2) is 9.07. The van der Waals surface area contributed by atoms with Gasteiger partial charge in [-0.15, -0.1) is 11.3 Å². The third-order valence-electron chi connectivity index (χ3n) is 4.91. The Kier molecular flexibility index (Phi) is 6.28. The number of benzene rings is 1. The number of amides is 2. The van der Waals surface area contributed by atoms with Crippen LogP contribution in [0, 0.1) is 0 Å². The van der Waals surface area contributed by atoms with Crippen molar-refractivity contribution in [3.05, 3.63) is 56.7 Å². The smallest absolute Gasteiger partial charge is 0.275 e. The summed E-state index contributed by atoms with van der Waals surface area (Å²) in [6.07, 6.45) is 5.48. The van der Waals surface area contributed by atoms with Crippen LogP contribution in [0.4, 0.5) is 5.69 Å².